The summed E-state index contributed by atoms with van der Waals surface area (Å²) in [6.07, 6.45) is 4.19. The number of amides is 1. The van der Waals surface area contributed by atoms with Gasteiger partial charge in [-0.1, -0.05) is 18.2 Å². The summed E-state index contributed by atoms with van der Waals surface area (Å²) in [5, 5.41) is 12.5. The monoisotopic (exact) mass is 336 g/mol. The first-order valence-corrected chi connectivity index (χ1v) is 9.33. The van der Waals surface area contributed by atoms with Crippen LogP contribution in [-0.2, 0) is 4.79 Å². The molecule has 126 valence electrons. The van der Waals surface area contributed by atoms with Crippen molar-refractivity contribution >= 4 is 23.6 Å². The van der Waals surface area contributed by atoms with Gasteiger partial charge < -0.3 is 15.3 Å². The van der Waals surface area contributed by atoms with Crippen molar-refractivity contribution in [2.75, 3.05) is 25.1 Å². The van der Waals surface area contributed by atoms with Crippen LogP contribution >= 0.6 is 11.8 Å². The number of piperidine rings is 1. The predicted octanol–water partition coefficient (Wildman–Crippen LogP) is 2.09. The molecule has 23 heavy (non-hydrogen) atoms. The maximum Gasteiger partial charge on any atom is 0.320 e. The molecule has 1 aliphatic rings. The lowest BCUT2D eigenvalue weighted by Gasteiger charge is -2.34. The lowest BCUT2D eigenvalue weighted by Crippen LogP contribution is -2.50. The SMILES string of the molecule is CSCCC(NC1CCN(C(=O)c2ccccc2)CC1)C(=O)O. The number of carbonyl (C=O) groups excluding carboxylic acids is 1. The molecule has 1 aliphatic heterocycles. The van der Waals surface area contributed by atoms with E-state index in [2.05, 4.69) is 5.32 Å². The van der Waals surface area contributed by atoms with Gasteiger partial charge in [0.1, 0.15) is 6.04 Å². The molecule has 1 fully saturated rings. The predicted molar refractivity (Wildman–Crippen MR) is 92.9 cm³/mol. The van der Waals surface area contributed by atoms with E-state index in [1.165, 1.54) is 0 Å². The number of thioether (sulfide) groups is 1. The molecule has 0 aromatic heterocycles. The second-order valence-corrected chi connectivity index (χ2v) is 6.76. The number of rotatable bonds is 7. The second kappa shape index (κ2) is 8.93. The van der Waals surface area contributed by atoms with E-state index >= 15 is 0 Å². The number of benzene rings is 1. The largest absolute Gasteiger partial charge is 0.480 e. The Labute approximate surface area is 141 Å². The molecule has 0 radical (unpaired) electrons. The Balaban J connectivity index is 1.83. The molecule has 0 spiro atoms. The highest BCUT2D eigenvalue weighted by Gasteiger charge is 2.27. The van der Waals surface area contributed by atoms with Gasteiger partial charge in [-0.15, -0.1) is 0 Å². The van der Waals surface area contributed by atoms with Crippen LogP contribution in [0.4, 0.5) is 0 Å². The first-order chi connectivity index (χ1) is 11.1. The van der Waals surface area contributed by atoms with Crippen LogP contribution in [0.15, 0.2) is 30.3 Å². The smallest absolute Gasteiger partial charge is 0.320 e. The normalized spacial score (nSPS) is 17.0. The number of aliphatic carboxylic acids is 1. The average molecular weight is 336 g/mol. The molecule has 2 rings (SSSR count). The quantitative estimate of drug-likeness (QED) is 0.798. The van der Waals surface area contributed by atoms with Crippen molar-refractivity contribution in [2.24, 2.45) is 0 Å². The Kier molecular flexibility index (Phi) is 6.92. The van der Waals surface area contributed by atoms with Crippen molar-refractivity contribution in [2.45, 2.75) is 31.3 Å². The standard InChI is InChI=1S/C17H24N2O3S/c1-23-12-9-15(17(21)22)18-14-7-10-19(11-8-14)16(20)13-5-3-2-4-6-13/h2-6,14-15,18H,7-12H2,1H3,(H,21,22). The van der Waals surface area contributed by atoms with Crippen LogP contribution in [0.25, 0.3) is 0 Å². The first-order valence-electron chi connectivity index (χ1n) is 7.94. The number of likely N-dealkylation sites (tertiary alicyclic amines) is 1. The molecule has 1 saturated heterocycles. The zero-order valence-corrected chi connectivity index (χ0v) is 14.2. The maximum atomic E-state index is 12.4. The van der Waals surface area contributed by atoms with E-state index in [0.717, 1.165) is 18.6 Å². The van der Waals surface area contributed by atoms with E-state index < -0.39 is 12.0 Å². The molecule has 1 unspecified atom stereocenters. The van der Waals surface area contributed by atoms with E-state index in [9.17, 15) is 14.7 Å². The molecule has 1 heterocycles. The summed E-state index contributed by atoms with van der Waals surface area (Å²) in [4.78, 5) is 25.5. The zero-order valence-electron chi connectivity index (χ0n) is 13.4. The average Bonchev–Trinajstić information content (AvgIpc) is 2.59. The van der Waals surface area contributed by atoms with Crippen molar-refractivity contribution in [1.82, 2.24) is 10.2 Å². The summed E-state index contributed by atoms with van der Waals surface area (Å²) in [7, 11) is 0. The van der Waals surface area contributed by atoms with Crippen molar-refractivity contribution in [3.63, 3.8) is 0 Å². The highest BCUT2D eigenvalue weighted by atomic mass is 32.2. The van der Waals surface area contributed by atoms with Gasteiger partial charge in [0.25, 0.3) is 5.91 Å². The molecule has 5 nitrogen and oxygen atoms in total. The van der Waals surface area contributed by atoms with Gasteiger partial charge in [-0.2, -0.15) is 11.8 Å². The maximum absolute atomic E-state index is 12.4. The molecule has 1 atom stereocenters. The molecular weight excluding hydrogens is 312 g/mol. The van der Waals surface area contributed by atoms with Crippen molar-refractivity contribution in [3.05, 3.63) is 35.9 Å². The van der Waals surface area contributed by atoms with Crippen LogP contribution in [0, 0.1) is 0 Å². The first kappa shape index (κ1) is 17.8. The molecule has 1 aromatic rings. The van der Waals surface area contributed by atoms with Gasteiger partial charge in [0.05, 0.1) is 0 Å². The van der Waals surface area contributed by atoms with E-state index in [4.69, 9.17) is 0 Å². The lowest BCUT2D eigenvalue weighted by molar-refractivity contribution is -0.139. The molecule has 1 aromatic carbocycles. The number of hydrogen-bond acceptors (Lipinski definition) is 4. The van der Waals surface area contributed by atoms with E-state index in [1.807, 2.05) is 41.5 Å². The second-order valence-electron chi connectivity index (χ2n) is 5.77. The molecule has 0 saturated carbocycles. The number of carboxylic acid groups (broad SMARTS) is 1. The van der Waals surface area contributed by atoms with Gasteiger partial charge in [-0.05, 0) is 43.4 Å². The minimum atomic E-state index is -0.790. The number of nitrogens with one attached hydrogen (secondary N) is 1. The van der Waals surface area contributed by atoms with E-state index in [-0.39, 0.29) is 11.9 Å². The van der Waals surface area contributed by atoms with Gasteiger partial charge in [0.2, 0.25) is 0 Å². The van der Waals surface area contributed by atoms with Crippen molar-refractivity contribution < 1.29 is 14.7 Å². The molecule has 0 aliphatic carbocycles. The summed E-state index contributed by atoms with van der Waals surface area (Å²) >= 11 is 1.66. The Morgan fingerprint density at radius 2 is 1.96 bits per heavy atom. The third-order valence-electron chi connectivity index (χ3n) is 4.15. The minimum absolute atomic E-state index is 0.0567. The topological polar surface area (TPSA) is 69.6 Å². The Bertz CT molecular complexity index is 516. The molecule has 1 amide bonds. The number of nitrogens with zero attached hydrogens (tertiary/aromatic N) is 1. The fourth-order valence-electron chi connectivity index (χ4n) is 2.81. The Morgan fingerprint density at radius 1 is 1.30 bits per heavy atom. The number of carbonyl (C=O) groups is 2. The number of hydrogen-bond donors (Lipinski definition) is 2. The van der Waals surface area contributed by atoms with Crippen LogP contribution in [0.2, 0.25) is 0 Å². The van der Waals surface area contributed by atoms with Crippen LogP contribution < -0.4 is 5.32 Å². The molecular formula is C17H24N2O3S. The van der Waals surface area contributed by atoms with E-state index in [0.29, 0.717) is 25.1 Å². The summed E-state index contributed by atoms with van der Waals surface area (Å²) in [6, 6.07) is 8.95. The van der Waals surface area contributed by atoms with E-state index in [1.54, 1.807) is 11.8 Å². The molecule has 0 bridgehead atoms. The third kappa shape index (κ3) is 5.25. The molecule has 2 N–H and O–H groups in total. The van der Waals surface area contributed by atoms with Crippen molar-refractivity contribution in [1.29, 1.82) is 0 Å². The fraction of sp³-hybridized carbons (Fsp3) is 0.529. The summed E-state index contributed by atoms with van der Waals surface area (Å²) in [5.74, 6) is 0.0954. The summed E-state index contributed by atoms with van der Waals surface area (Å²) in [6.45, 7) is 1.33. The molecule has 6 heteroatoms. The summed E-state index contributed by atoms with van der Waals surface area (Å²) in [5.41, 5.74) is 0.710. The van der Waals surface area contributed by atoms with Gasteiger partial charge in [-0.25, -0.2) is 0 Å². The third-order valence-corrected chi connectivity index (χ3v) is 4.79. The fourth-order valence-corrected chi connectivity index (χ4v) is 3.28. The Hall–Kier alpha value is -1.53. The van der Waals surface area contributed by atoms with Crippen molar-refractivity contribution in [3.8, 4) is 0 Å². The van der Waals surface area contributed by atoms with Gasteiger partial charge >= 0.3 is 5.97 Å². The Morgan fingerprint density at radius 3 is 2.52 bits per heavy atom. The van der Waals surface area contributed by atoms with Crippen LogP contribution in [0.1, 0.15) is 29.6 Å². The lowest BCUT2D eigenvalue weighted by atomic mass is 10.0. The number of carboxylic acids is 1. The van der Waals surface area contributed by atoms with Gasteiger partial charge in [-0.3, -0.25) is 9.59 Å². The van der Waals surface area contributed by atoms with Crippen LogP contribution in [0.3, 0.4) is 0 Å². The highest BCUT2D eigenvalue weighted by Crippen LogP contribution is 2.15. The highest BCUT2D eigenvalue weighted by molar-refractivity contribution is 7.98. The minimum Gasteiger partial charge on any atom is -0.480 e. The van der Waals surface area contributed by atoms with Gasteiger partial charge in [0.15, 0.2) is 0 Å². The zero-order chi connectivity index (χ0) is 16.7. The van der Waals surface area contributed by atoms with Crippen LogP contribution in [0.5, 0.6) is 0 Å². The van der Waals surface area contributed by atoms with Gasteiger partial charge in [0, 0.05) is 24.7 Å². The van der Waals surface area contributed by atoms with Crippen LogP contribution in [-0.4, -0.2) is 59.1 Å². The summed E-state index contributed by atoms with van der Waals surface area (Å²) < 4.78 is 0.